The van der Waals surface area contributed by atoms with Crippen molar-refractivity contribution in [1.29, 1.82) is 0 Å². The van der Waals surface area contributed by atoms with Crippen LogP contribution >= 0.6 is 0 Å². The lowest BCUT2D eigenvalue weighted by Crippen LogP contribution is -2.39. The minimum Gasteiger partial charge on any atom is -0.444 e. The molecule has 2 rings (SSSR count). The van der Waals surface area contributed by atoms with Crippen molar-refractivity contribution in [2.24, 2.45) is 0 Å². The van der Waals surface area contributed by atoms with Crippen molar-refractivity contribution in [2.45, 2.75) is 39.3 Å². The summed E-state index contributed by atoms with van der Waals surface area (Å²) in [6.07, 6.45) is 0.588. The van der Waals surface area contributed by atoms with Gasteiger partial charge in [0.25, 0.3) is 0 Å². The van der Waals surface area contributed by atoms with Gasteiger partial charge < -0.3 is 15.4 Å². The van der Waals surface area contributed by atoms with Crippen molar-refractivity contribution >= 4 is 11.8 Å². The fourth-order valence-corrected chi connectivity index (χ4v) is 2.06. The summed E-state index contributed by atoms with van der Waals surface area (Å²) < 4.78 is 5.38. The Labute approximate surface area is 109 Å². The van der Waals surface area contributed by atoms with E-state index in [-0.39, 0.29) is 7.52 Å². The van der Waals surface area contributed by atoms with Crippen LogP contribution in [-0.2, 0) is 17.7 Å². The lowest BCUT2D eigenvalue weighted by Gasteiger charge is -2.31. The van der Waals surface area contributed by atoms with Crippen LogP contribution < -0.4 is 5.73 Å². The van der Waals surface area contributed by atoms with Crippen LogP contribution in [0.5, 0.6) is 0 Å². The zero-order valence-electron chi connectivity index (χ0n) is 11.2. The molecule has 1 amide bonds. The first-order chi connectivity index (χ1) is 8.35. The number of fused-ring (bicyclic) bond motifs is 1. The van der Waals surface area contributed by atoms with Crippen LogP contribution in [0.2, 0.25) is 0 Å². The monoisotopic (exact) mass is 250 g/mol. The molecule has 1 heterocycles. The van der Waals surface area contributed by atoms with Crippen LogP contribution in [0.4, 0.5) is 10.5 Å². The molecule has 0 spiro atoms. The molecule has 0 aliphatic carbocycles. The fourth-order valence-electron chi connectivity index (χ4n) is 2.06. The van der Waals surface area contributed by atoms with Gasteiger partial charge in [0.1, 0.15) is 5.60 Å². The van der Waals surface area contributed by atoms with E-state index in [1.54, 1.807) is 4.90 Å². The summed E-state index contributed by atoms with van der Waals surface area (Å²) in [7, 11) is 0. The molecule has 0 unspecified atom stereocenters. The van der Waals surface area contributed by atoms with Gasteiger partial charge in [-0.3, -0.25) is 0 Å². The van der Waals surface area contributed by atoms with E-state index in [1.165, 1.54) is 5.56 Å². The van der Waals surface area contributed by atoms with Crippen molar-refractivity contribution in [1.82, 2.24) is 4.90 Å². The molecule has 0 atom stereocenters. The number of rotatable bonds is 0. The smallest absolute Gasteiger partial charge is 0.410 e. The van der Waals surface area contributed by atoms with Crippen LogP contribution in [-0.4, -0.2) is 23.1 Å². The predicted molar refractivity (Wildman–Crippen MR) is 73.3 cm³/mol. The summed E-state index contributed by atoms with van der Waals surface area (Å²) in [5.74, 6) is 0. The Hall–Kier alpha value is -1.71. The lowest BCUT2D eigenvalue weighted by atomic mass is 9.99. The van der Waals surface area contributed by atoms with Crippen molar-refractivity contribution in [3.8, 4) is 0 Å². The molecule has 100 valence electrons. The fraction of sp³-hybridized carbons (Fsp3) is 0.500. The van der Waals surface area contributed by atoms with Gasteiger partial charge in [-0.15, -0.1) is 0 Å². The normalized spacial score (nSPS) is 15.2. The van der Waals surface area contributed by atoms with Crippen LogP contribution in [0, 0.1) is 0 Å². The number of nitrogens with zero attached hydrogens (tertiary/aromatic N) is 1. The molecular formula is C14H22N2O2. The van der Waals surface area contributed by atoms with Crippen LogP contribution in [0.15, 0.2) is 18.2 Å². The zero-order valence-corrected chi connectivity index (χ0v) is 11.2. The first-order valence-corrected chi connectivity index (χ1v) is 6.20. The number of benzene rings is 1. The van der Waals surface area contributed by atoms with E-state index in [1.807, 2.05) is 39.0 Å². The molecule has 1 aromatic carbocycles. The Balaban J connectivity index is 0.00000180. The average Bonchev–Trinajstić information content (AvgIpc) is 2.26. The first-order valence-electron chi connectivity index (χ1n) is 6.20. The highest BCUT2D eigenvalue weighted by molar-refractivity contribution is 5.68. The minimum absolute atomic E-state index is 0. The van der Waals surface area contributed by atoms with E-state index < -0.39 is 5.60 Å². The molecule has 2 N–H and O–H groups in total. The molecule has 4 nitrogen and oxygen atoms in total. The third kappa shape index (κ3) is 2.94. The maximum atomic E-state index is 12.0. The Morgan fingerprint density at radius 1 is 1.39 bits per heavy atom. The quantitative estimate of drug-likeness (QED) is 0.720. The highest BCUT2D eigenvalue weighted by Gasteiger charge is 2.25. The van der Waals surface area contributed by atoms with Gasteiger partial charge in [0.2, 0.25) is 0 Å². The third-order valence-electron chi connectivity index (χ3n) is 2.89. The standard InChI is InChI=1S/C14H20N2O2.H2/c1-14(2,3)18-13(17)16-7-6-10-8-12(15)5-4-11(10)9-16;/h4-5,8H,6-7,9,15H2,1-3H3;1H. The van der Waals surface area contributed by atoms with Crippen LogP contribution in [0.25, 0.3) is 0 Å². The van der Waals surface area contributed by atoms with Gasteiger partial charge in [0, 0.05) is 20.2 Å². The second-order valence-corrected chi connectivity index (χ2v) is 5.68. The number of hydrogen-bond acceptors (Lipinski definition) is 3. The molecule has 0 bridgehead atoms. The Kier molecular flexibility index (Phi) is 3.20. The topological polar surface area (TPSA) is 55.6 Å². The van der Waals surface area contributed by atoms with E-state index in [0.717, 1.165) is 17.7 Å². The summed E-state index contributed by atoms with van der Waals surface area (Å²) in [6.45, 7) is 6.92. The van der Waals surface area contributed by atoms with Crippen molar-refractivity contribution in [2.75, 3.05) is 12.3 Å². The molecule has 18 heavy (non-hydrogen) atoms. The summed E-state index contributed by atoms with van der Waals surface area (Å²) in [5.41, 5.74) is 8.47. The van der Waals surface area contributed by atoms with Gasteiger partial charge in [-0.25, -0.2) is 4.79 Å². The van der Waals surface area contributed by atoms with Gasteiger partial charge in [-0.2, -0.15) is 0 Å². The zero-order chi connectivity index (χ0) is 13.3. The number of anilines is 1. The second kappa shape index (κ2) is 4.52. The van der Waals surface area contributed by atoms with Gasteiger partial charge in [-0.05, 0) is 50.5 Å². The summed E-state index contributed by atoms with van der Waals surface area (Å²) in [5, 5.41) is 0. The van der Waals surface area contributed by atoms with Gasteiger partial charge in [-0.1, -0.05) is 6.07 Å². The molecule has 1 aromatic rings. The molecule has 1 aliphatic rings. The number of nitrogens with two attached hydrogens (primary N) is 1. The predicted octanol–water partition coefficient (Wildman–Crippen LogP) is 2.81. The van der Waals surface area contributed by atoms with E-state index in [9.17, 15) is 4.79 Å². The summed E-state index contributed by atoms with van der Waals surface area (Å²) >= 11 is 0. The van der Waals surface area contributed by atoms with E-state index in [2.05, 4.69) is 0 Å². The molecule has 0 fully saturated rings. The van der Waals surface area contributed by atoms with E-state index in [4.69, 9.17) is 10.5 Å². The Morgan fingerprint density at radius 3 is 2.78 bits per heavy atom. The third-order valence-corrected chi connectivity index (χ3v) is 2.89. The van der Waals surface area contributed by atoms with Crippen LogP contribution in [0.1, 0.15) is 33.3 Å². The molecule has 0 aromatic heterocycles. The average molecular weight is 250 g/mol. The molecule has 1 aliphatic heterocycles. The number of ether oxygens (including phenoxy) is 1. The Morgan fingerprint density at radius 2 is 2.11 bits per heavy atom. The van der Waals surface area contributed by atoms with Crippen molar-refractivity contribution in [3.63, 3.8) is 0 Å². The Bertz CT molecular complexity index is 469. The highest BCUT2D eigenvalue weighted by Crippen LogP contribution is 2.22. The molecule has 0 radical (unpaired) electrons. The first kappa shape index (κ1) is 12.7. The minimum atomic E-state index is -0.446. The maximum absolute atomic E-state index is 12.0. The molecule has 4 heteroatoms. The van der Waals surface area contributed by atoms with E-state index in [0.29, 0.717) is 13.1 Å². The SMILES string of the molecule is CC(C)(C)OC(=O)N1CCc2cc(N)ccc2C1.[HH]. The number of carbonyl (C=O) groups excluding carboxylic acids is 1. The van der Waals surface area contributed by atoms with Gasteiger partial charge >= 0.3 is 6.09 Å². The van der Waals surface area contributed by atoms with Crippen molar-refractivity contribution < 1.29 is 11.0 Å². The summed E-state index contributed by atoms with van der Waals surface area (Å²) in [4.78, 5) is 13.7. The van der Waals surface area contributed by atoms with E-state index >= 15 is 0 Å². The lowest BCUT2D eigenvalue weighted by molar-refractivity contribution is 0.0224. The number of amides is 1. The van der Waals surface area contributed by atoms with Crippen LogP contribution in [0.3, 0.4) is 0 Å². The second-order valence-electron chi connectivity index (χ2n) is 5.68. The van der Waals surface area contributed by atoms with Gasteiger partial charge in [0.05, 0.1) is 0 Å². The summed E-state index contributed by atoms with van der Waals surface area (Å²) in [6, 6.07) is 5.85. The number of hydrogen-bond donors (Lipinski definition) is 1. The molecule has 0 saturated heterocycles. The number of carbonyl (C=O) groups is 1. The van der Waals surface area contributed by atoms with Gasteiger partial charge in [0.15, 0.2) is 0 Å². The maximum Gasteiger partial charge on any atom is 0.410 e. The molecular weight excluding hydrogens is 228 g/mol. The highest BCUT2D eigenvalue weighted by atomic mass is 16.6. The number of nitrogen functional groups attached to an aromatic ring is 1. The van der Waals surface area contributed by atoms with Crippen molar-refractivity contribution in [3.05, 3.63) is 29.3 Å². The largest absolute Gasteiger partial charge is 0.444 e. The molecule has 0 saturated carbocycles.